The first kappa shape index (κ1) is 12.1. The normalized spacial score (nSPS) is 17.6. The molecule has 0 spiro atoms. The molecule has 1 atom stereocenters. The zero-order valence-corrected chi connectivity index (χ0v) is 11.6. The summed E-state index contributed by atoms with van der Waals surface area (Å²) < 4.78 is 2.33. The molecule has 0 saturated carbocycles. The molecule has 1 unspecified atom stereocenters. The molecule has 2 aromatic heterocycles. The minimum atomic E-state index is 0.315. The molecular weight excluding hydrogens is 258 g/mol. The van der Waals surface area contributed by atoms with E-state index in [0.29, 0.717) is 6.04 Å². The summed E-state index contributed by atoms with van der Waals surface area (Å²) in [5, 5.41) is 1.16. The van der Waals surface area contributed by atoms with Crippen molar-refractivity contribution in [2.45, 2.75) is 12.5 Å². The second-order valence-corrected chi connectivity index (χ2v) is 5.22. The Labute approximate surface area is 122 Å². The molecular formula is C18H15N3. The van der Waals surface area contributed by atoms with Crippen molar-refractivity contribution < 1.29 is 0 Å². The summed E-state index contributed by atoms with van der Waals surface area (Å²) in [5.74, 6) is 0. The molecule has 3 heteroatoms. The van der Waals surface area contributed by atoms with Gasteiger partial charge in [0, 0.05) is 5.39 Å². The molecule has 0 fully saturated rings. The first-order valence-corrected chi connectivity index (χ1v) is 7.08. The van der Waals surface area contributed by atoms with Crippen LogP contribution in [0.1, 0.15) is 18.0 Å². The summed E-state index contributed by atoms with van der Waals surface area (Å²) in [4.78, 5) is 8.70. The van der Waals surface area contributed by atoms with Gasteiger partial charge in [-0.15, -0.1) is 0 Å². The molecule has 21 heavy (non-hydrogen) atoms. The van der Waals surface area contributed by atoms with E-state index in [1.165, 1.54) is 5.52 Å². The fourth-order valence-electron chi connectivity index (χ4n) is 3.03. The maximum atomic E-state index is 4.49. The highest BCUT2D eigenvalue weighted by molar-refractivity contribution is 6.06. The van der Waals surface area contributed by atoms with Gasteiger partial charge in [-0.1, -0.05) is 43.0 Å². The predicted octanol–water partition coefficient (Wildman–Crippen LogP) is 4.28. The minimum absolute atomic E-state index is 0.315. The van der Waals surface area contributed by atoms with Gasteiger partial charge in [0.25, 0.3) is 0 Å². The second kappa shape index (κ2) is 4.70. The minimum Gasteiger partial charge on any atom is -0.331 e. The number of hydrogen-bond donors (Lipinski definition) is 0. The largest absolute Gasteiger partial charge is 0.331 e. The molecule has 1 aliphatic carbocycles. The van der Waals surface area contributed by atoms with Crippen molar-refractivity contribution in [2.24, 2.45) is 0 Å². The molecule has 102 valence electrons. The molecule has 3 aromatic rings. The first-order valence-electron chi connectivity index (χ1n) is 7.08. The molecule has 0 radical (unpaired) electrons. The highest BCUT2D eigenvalue weighted by Crippen LogP contribution is 2.33. The van der Waals surface area contributed by atoms with Crippen LogP contribution < -0.4 is 0 Å². The topological polar surface area (TPSA) is 30.7 Å². The molecule has 0 saturated heterocycles. The fraction of sp³-hybridized carbons (Fsp3) is 0.111. The van der Waals surface area contributed by atoms with Crippen LogP contribution in [0.3, 0.4) is 0 Å². The van der Waals surface area contributed by atoms with E-state index in [1.54, 1.807) is 6.33 Å². The molecule has 3 nitrogen and oxygen atoms in total. The summed E-state index contributed by atoms with van der Waals surface area (Å²) in [6.45, 7) is 3.85. The highest BCUT2D eigenvalue weighted by Gasteiger charge is 2.17. The molecule has 1 aromatic carbocycles. The predicted molar refractivity (Wildman–Crippen MR) is 87.1 cm³/mol. The van der Waals surface area contributed by atoms with Crippen molar-refractivity contribution in [3.8, 4) is 0 Å². The Bertz CT molecular complexity index is 899. The lowest BCUT2D eigenvalue weighted by atomic mass is 10.1. The first-order chi connectivity index (χ1) is 10.4. The van der Waals surface area contributed by atoms with Gasteiger partial charge in [0.05, 0.1) is 28.8 Å². The smallest absolute Gasteiger partial charge is 0.116 e. The zero-order valence-electron chi connectivity index (χ0n) is 11.6. The quantitative estimate of drug-likeness (QED) is 0.697. The van der Waals surface area contributed by atoms with Crippen LogP contribution in [0, 0.1) is 0 Å². The number of nitrogens with zero attached hydrogens (tertiary/aromatic N) is 3. The lowest BCUT2D eigenvalue weighted by molar-refractivity contribution is 0.647. The number of hydrogen-bond acceptors (Lipinski definition) is 2. The van der Waals surface area contributed by atoms with Gasteiger partial charge >= 0.3 is 0 Å². The van der Waals surface area contributed by atoms with Gasteiger partial charge in [0.2, 0.25) is 0 Å². The molecule has 1 aliphatic rings. The van der Waals surface area contributed by atoms with Crippen molar-refractivity contribution in [3.63, 3.8) is 0 Å². The van der Waals surface area contributed by atoms with Gasteiger partial charge in [-0.05, 0) is 24.1 Å². The monoisotopic (exact) mass is 273 g/mol. The molecule has 0 aliphatic heterocycles. The Balaban J connectivity index is 2.09. The van der Waals surface area contributed by atoms with Crippen LogP contribution >= 0.6 is 0 Å². The van der Waals surface area contributed by atoms with E-state index in [9.17, 15) is 0 Å². The maximum Gasteiger partial charge on any atom is 0.116 e. The Hall–Kier alpha value is -2.68. The Morgan fingerprint density at radius 3 is 3.00 bits per heavy atom. The molecule has 0 N–H and O–H groups in total. The van der Waals surface area contributed by atoms with Gasteiger partial charge in [0.15, 0.2) is 0 Å². The SMILES string of the molecule is C=Cc1ccc2c(c1)c1ncncc1n2C1C=CC=CC1. The highest BCUT2D eigenvalue weighted by atomic mass is 15.0. The van der Waals surface area contributed by atoms with E-state index >= 15 is 0 Å². The van der Waals surface area contributed by atoms with Crippen LogP contribution in [0.5, 0.6) is 0 Å². The Morgan fingerprint density at radius 2 is 2.19 bits per heavy atom. The van der Waals surface area contributed by atoms with Crippen LogP contribution in [0.2, 0.25) is 0 Å². The maximum absolute atomic E-state index is 4.49. The third kappa shape index (κ3) is 1.82. The van der Waals surface area contributed by atoms with E-state index in [-0.39, 0.29) is 0 Å². The molecule has 4 rings (SSSR count). The van der Waals surface area contributed by atoms with Crippen LogP contribution in [0.25, 0.3) is 28.0 Å². The van der Waals surface area contributed by atoms with Crippen LogP contribution in [0.4, 0.5) is 0 Å². The number of aromatic nitrogens is 3. The van der Waals surface area contributed by atoms with Crippen LogP contribution in [-0.4, -0.2) is 14.5 Å². The second-order valence-electron chi connectivity index (χ2n) is 5.22. The number of benzene rings is 1. The van der Waals surface area contributed by atoms with E-state index in [2.05, 4.69) is 63.6 Å². The van der Waals surface area contributed by atoms with E-state index in [0.717, 1.165) is 28.4 Å². The van der Waals surface area contributed by atoms with Crippen molar-refractivity contribution >= 4 is 28.0 Å². The Kier molecular flexibility index (Phi) is 2.71. The van der Waals surface area contributed by atoms with Gasteiger partial charge in [0.1, 0.15) is 6.33 Å². The summed E-state index contributed by atoms with van der Waals surface area (Å²) >= 11 is 0. The van der Waals surface area contributed by atoms with E-state index in [4.69, 9.17) is 0 Å². The Morgan fingerprint density at radius 1 is 1.24 bits per heavy atom. The number of fused-ring (bicyclic) bond motifs is 3. The summed E-state index contributed by atoms with van der Waals surface area (Å²) in [7, 11) is 0. The fourth-order valence-corrected chi connectivity index (χ4v) is 3.03. The van der Waals surface area contributed by atoms with E-state index in [1.807, 2.05) is 12.3 Å². The van der Waals surface area contributed by atoms with Gasteiger partial charge in [-0.25, -0.2) is 9.97 Å². The van der Waals surface area contributed by atoms with Crippen molar-refractivity contribution in [1.82, 2.24) is 14.5 Å². The average molecular weight is 273 g/mol. The molecule has 2 heterocycles. The van der Waals surface area contributed by atoms with Gasteiger partial charge < -0.3 is 4.57 Å². The van der Waals surface area contributed by atoms with E-state index < -0.39 is 0 Å². The zero-order chi connectivity index (χ0) is 14.2. The van der Waals surface area contributed by atoms with Crippen LogP contribution in [0.15, 0.2) is 61.6 Å². The third-order valence-corrected chi connectivity index (χ3v) is 4.01. The standard InChI is InChI=1S/C18H15N3/c1-2-13-8-9-16-15(10-13)18-17(11-19-12-20-18)21(16)14-6-4-3-5-7-14/h2-6,8-12,14H,1,7H2. The van der Waals surface area contributed by atoms with Crippen LogP contribution in [-0.2, 0) is 0 Å². The number of rotatable bonds is 2. The van der Waals surface area contributed by atoms with Crippen molar-refractivity contribution in [1.29, 1.82) is 0 Å². The summed E-state index contributed by atoms with van der Waals surface area (Å²) in [6, 6.07) is 6.72. The third-order valence-electron chi connectivity index (χ3n) is 4.01. The number of allylic oxidation sites excluding steroid dienone is 4. The van der Waals surface area contributed by atoms with Crippen molar-refractivity contribution in [3.05, 3.63) is 67.2 Å². The lowest BCUT2D eigenvalue weighted by Crippen LogP contribution is -2.06. The summed E-state index contributed by atoms with van der Waals surface area (Å²) in [6.07, 6.45) is 15.0. The molecule has 0 amide bonds. The van der Waals surface area contributed by atoms with Gasteiger partial charge in [-0.2, -0.15) is 0 Å². The average Bonchev–Trinajstić information content (AvgIpc) is 2.89. The lowest BCUT2D eigenvalue weighted by Gasteiger charge is -2.17. The van der Waals surface area contributed by atoms with Gasteiger partial charge in [-0.3, -0.25) is 0 Å². The van der Waals surface area contributed by atoms with Crippen molar-refractivity contribution in [2.75, 3.05) is 0 Å². The molecule has 0 bridgehead atoms. The summed E-state index contributed by atoms with van der Waals surface area (Å²) in [5.41, 5.74) is 4.39.